The van der Waals surface area contributed by atoms with Gasteiger partial charge in [-0.05, 0) is 31.9 Å². The Labute approximate surface area is 111 Å². The maximum absolute atomic E-state index is 12.0. The van der Waals surface area contributed by atoms with E-state index in [0.717, 1.165) is 30.1 Å². The summed E-state index contributed by atoms with van der Waals surface area (Å²) in [7, 11) is 0. The maximum Gasteiger partial charge on any atom is 0.255 e. The molecule has 0 saturated heterocycles. The van der Waals surface area contributed by atoms with Gasteiger partial charge in [0.2, 0.25) is 0 Å². The average Bonchev–Trinajstić information content (AvgIpc) is 3.13. The lowest BCUT2D eigenvalue weighted by Crippen LogP contribution is -2.24. The maximum atomic E-state index is 12.0. The number of nitrogens with one attached hydrogen (secondary N) is 1. The highest BCUT2D eigenvalue weighted by Gasteiger charge is 2.27. The molecule has 3 rings (SSSR count). The summed E-state index contributed by atoms with van der Waals surface area (Å²) >= 11 is 0. The summed E-state index contributed by atoms with van der Waals surface area (Å²) in [6.07, 6.45) is 5.51. The van der Waals surface area contributed by atoms with Crippen LogP contribution in [0.5, 0.6) is 0 Å². The van der Waals surface area contributed by atoms with Crippen molar-refractivity contribution < 1.29 is 9.21 Å². The van der Waals surface area contributed by atoms with Crippen molar-refractivity contribution in [2.75, 3.05) is 0 Å². The largest absolute Gasteiger partial charge is 0.467 e. The first-order chi connectivity index (χ1) is 9.24. The molecule has 2 aromatic rings. The van der Waals surface area contributed by atoms with Gasteiger partial charge in [-0.1, -0.05) is 0 Å². The number of furan rings is 1. The van der Waals surface area contributed by atoms with Gasteiger partial charge in [-0.3, -0.25) is 4.79 Å². The Balaban J connectivity index is 1.68. The topological polar surface area (TPSA) is 68.0 Å². The summed E-state index contributed by atoms with van der Waals surface area (Å²) in [5.41, 5.74) is 1.25. The van der Waals surface area contributed by atoms with Crippen LogP contribution in [0.2, 0.25) is 0 Å². The van der Waals surface area contributed by atoms with Crippen molar-refractivity contribution in [2.45, 2.75) is 32.2 Å². The van der Waals surface area contributed by atoms with Crippen LogP contribution in [0, 0.1) is 6.92 Å². The molecule has 1 N–H and O–H groups in total. The van der Waals surface area contributed by atoms with Crippen molar-refractivity contribution in [1.29, 1.82) is 0 Å². The molecule has 0 aliphatic heterocycles. The van der Waals surface area contributed by atoms with Crippen molar-refractivity contribution in [3.05, 3.63) is 47.4 Å². The van der Waals surface area contributed by atoms with Gasteiger partial charge in [-0.15, -0.1) is 0 Å². The van der Waals surface area contributed by atoms with E-state index in [1.165, 1.54) is 0 Å². The molecule has 0 aromatic carbocycles. The molecule has 0 bridgehead atoms. The van der Waals surface area contributed by atoms with E-state index in [9.17, 15) is 4.79 Å². The van der Waals surface area contributed by atoms with Gasteiger partial charge >= 0.3 is 0 Å². The van der Waals surface area contributed by atoms with E-state index < -0.39 is 0 Å². The second kappa shape index (κ2) is 4.84. The smallest absolute Gasteiger partial charge is 0.255 e. The van der Waals surface area contributed by atoms with Crippen molar-refractivity contribution in [1.82, 2.24) is 15.3 Å². The van der Waals surface area contributed by atoms with Crippen molar-refractivity contribution in [3.63, 3.8) is 0 Å². The van der Waals surface area contributed by atoms with Gasteiger partial charge in [-0.2, -0.15) is 0 Å². The molecule has 5 nitrogen and oxygen atoms in total. The zero-order chi connectivity index (χ0) is 13.2. The highest BCUT2D eigenvalue weighted by Crippen LogP contribution is 2.37. The second-order valence-electron chi connectivity index (χ2n) is 4.76. The molecule has 0 spiro atoms. The van der Waals surface area contributed by atoms with Crippen LogP contribution in [0.3, 0.4) is 0 Å². The summed E-state index contributed by atoms with van der Waals surface area (Å²) < 4.78 is 5.16. The van der Waals surface area contributed by atoms with Crippen molar-refractivity contribution in [2.24, 2.45) is 0 Å². The molecule has 5 heteroatoms. The fraction of sp³-hybridized carbons (Fsp3) is 0.357. The molecule has 1 amide bonds. The van der Waals surface area contributed by atoms with E-state index in [1.54, 1.807) is 18.5 Å². The number of hydrogen-bond donors (Lipinski definition) is 1. The number of aromatic nitrogens is 2. The number of aryl methyl sites for hydroxylation is 1. The minimum absolute atomic E-state index is 0.170. The van der Waals surface area contributed by atoms with Crippen LogP contribution < -0.4 is 5.32 Å². The third-order valence-corrected chi connectivity index (χ3v) is 3.19. The van der Waals surface area contributed by atoms with Crippen LogP contribution in [0.25, 0.3) is 0 Å². The summed E-state index contributed by atoms with van der Waals surface area (Å²) in [6.45, 7) is 2.21. The van der Waals surface area contributed by atoms with Crippen LogP contribution in [0.4, 0.5) is 0 Å². The van der Waals surface area contributed by atoms with E-state index in [1.807, 2.05) is 13.0 Å². The lowest BCUT2D eigenvalue weighted by atomic mass is 10.2. The minimum atomic E-state index is -0.170. The highest BCUT2D eigenvalue weighted by atomic mass is 16.3. The Kier molecular flexibility index (Phi) is 3.03. The molecule has 1 saturated carbocycles. The van der Waals surface area contributed by atoms with Crippen molar-refractivity contribution in [3.8, 4) is 0 Å². The fourth-order valence-corrected chi connectivity index (χ4v) is 1.92. The van der Waals surface area contributed by atoms with Gasteiger partial charge < -0.3 is 9.73 Å². The Morgan fingerprint density at radius 3 is 3.00 bits per heavy atom. The van der Waals surface area contributed by atoms with E-state index in [0.29, 0.717) is 18.0 Å². The van der Waals surface area contributed by atoms with Gasteiger partial charge in [0.15, 0.2) is 0 Å². The quantitative estimate of drug-likeness (QED) is 0.911. The van der Waals surface area contributed by atoms with Crippen LogP contribution in [0.15, 0.2) is 29.0 Å². The van der Waals surface area contributed by atoms with E-state index in [4.69, 9.17) is 4.42 Å². The molecule has 1 aliphatic carbocycles. The molecule has 1 aliphatic rings. The number of nitrogens with zero attached hydrogens (tertiary/aromatic N) is 2. The van der Waals surface area contributed by atoms with Crippen LogP contribution >= 0.6 is 0 Å². The molecular weight excluding hydrogens is 242 g/mol. The fourth-order valence-electron chi connectivity index (χ4n) is 1.92. The lowest BCUT2D eigenvalue weighted by molar-refractivity contribution is 0.0946. The number of amides is 1. The van der Waals surface area contributed by atoms with Gasteiger partial charge in [0.25, 0.3) is 5.91 Å². The zero-order valence-corrected chi connectivity index (χ0v) is 10.7. The van der Waals surface area contributed by atoms with Crippen LogP contribution in [-0.4, -0.2) is 15.9 Å². The number of hydrogen-bond acceptors (Lipinski definition) is 4. The molecule has 1 fully saturated rings. The third kappa shape index (κ3) is 2.65. The van der Waals surface area contributed by atoms with Gasteiger partial charge in [0, 0.05) is 12.1 Å². The molecule has 2 heterocycles. The predicted molar refractivity (Wildman–Crippen MR) is 68.6 cm³/mol. The SMILES string of the molecule is Cc1nc(C2CC2)ncc1C(=O)NCc1ccco1. The Morgan fingerprint density at radius 2 is 2.37 bits per heavy atom. The van der Waals surface area contributed by atoms with Crippen molar-refractivity contribution >= 4 is 5.91 Å². The standard InChI is InChI=1S/C14H15N3O2/c1-9-12(8-15-13(17-9)10-4-5-10)14(18)16-7-11-3-2-6-19-11/h2-3,6,8,10H,4-5,7H2,1H3,(H,16,18). The zero-order valence-electron chi connectivity index (χ0n) is 10.7. The number of carbonyl (C=O) groups excluding carboxylic acids is 1. The molecule has 2 aromatic heterocycles. The molecule has 0 radical (unpaired) electrons. The van der Waals surface area contributed by atoms with E-state index in [-0.39, 0.29) is 5.91 Å². The first kappa shape index (κ1) is 11.9. The molecule has 0 unspecified atom stereocenters. The first-order valence-electron chi connectivity index (χ1n) is 6.38. The first-order valence-corrected chi connectivity index (χ1v) is 6.38. The number of carbonyl (C=O) groups is 1. The number of rotatable bonds is 4. The van der Waals surface area contributed by atoms with Crippen LogP contribution in [-0.2, 0) is 6.54 Å². The molecule has 0 atom stereocenters. The Hall–Kier alpha value is -2.17. The third-order valence-electron chi connectivity index (χ3n) is 3.19. The summed E-state index contributed by atoms with van der Waals surface area (Å²) in [5.74, 6) is 1.91. The monoisotopic (exact) mass is 257 g/mol. The van der Waals surface area contributed by atoms with E-state index in [2.05, 4.69) is 15.3 Å². The molecule has 98 valence electrons. The summed E-state index contributed by atoms with van der Waals surface area (Å²) in [6, 6.07) is 3.61. The minimum Gasteiger partial charge on any atom is -0.467 e. The Morgan fingerprint density at radius 1 is 1.53 bits per heavy atom. The predicted octanol–water partition coefficient (Wildman–Crippen LogP) is 2.19. The Bertz CT molecular complexity index is 589. The summed E-state index contributed by atoms with van der Waals surface area (Å²) in [4.78, 5) is 20.7. The van der Waals surface area contributed by atoms with Crippen LogP contribution in [0.1, 0.15) is 46.4 Å². The lowest BCUT2D eigenvalue weighted by Gasteiger charge is -2.07. The van der Waals surface area contributed by atoms with E-state index >= 15 is 0 Å². The second-order valence-corrected chi connectivity index (χ2v) is 4.76. The summed E-state index contributed by atoms with van der Waals surface area (Å²) in [5, 5.41) is 2.79. The normalized spacial score (nSPS) is 14.4. The molecule has 19 heavy (non-hydrogen) atoms. The van der Waals surface area contributed by atoms with Gasteiger partial charge in [0.05, 0.1) is 24.1 Å². The average molecular weight is 257 g/mol. The highest BCUT2D eigenvalue weighted by molar-refractivity contribution is 5.94. The van der Waals surface area contributed by atoms with Gasteiger partial charge in [-0.25, -0.2) is 9.97 Å². The van der Waals surface area contributed by atoms with Gasteiger partial charge in [0.1, 0.15) is 11.6 Å². The molecular formula is C14H15N3O2.